The lowest BCUT2D eigenvalue weighted by atomic mass is 9.76. The van der Waals surface area contributed by atoms with Crippen LogP contribution in [0.2, 0.25) is 5.02 Å². The van der Waals surface area contributed by atoms with Crippen LogP contribution in [0.3, 0.4) is 0 Å². The van der Waals surface area contributed by atoms with Gasteiger partial charge in [-0.3, -0.25) is 14.5 Å². The first kappa shape index (κ1) is 20.4. The lowest BCUT2D eigenvalue weighted by Crippen LogP contribution is -2.47. The molecule has 1 aliphatic heterocycles. The van der Waals surface area contributed by atoms with E-state index in [4.69, 9.17) is 11.6 Å². The van der Waals surface area contributed by atoms with Crippen molar-refractivity contribution in [2.75, 3.05) is 6.54 Å². The zero-order valence-corrected chi connectivity index (χ0v) is 17.5. The number of carbonyl (C=O) groups is 3. The normalized spacial score (nSPS) is 21.3. The highest BCUT2D eigenvalue weighted by Crippen LogP contribution is 2.39. The van der Waals surface area contributed by atoms with E-state index in [1.54, 1.807) is 6.07 Å². The summed E-state index contributed by atoms with van der Waals surface area (Å²) >= 11 is 6.01. The third kappa shape index (κ3) is 3.79. The Morgan fingerprint density at radius 2 is 2.03 bits per heavy atom. The van der Waals surface area contributed by atoms with Crippen molar-refractivity contribution in [3.8, 4) is 0 Å². The highest BCUT2D eigenvalue weighted by Gasteiger charge is 2.54. The predicted octanol–water partition coefficient (Wildman–Crippen LogP) is 3.17. The molecule has 2 atom stereocenters. The summed E-state index contributed by atoms with van der Waals surface area (Å²) in [5.41, 5.74) is 1.85. The van der Waals surface area contributed by atoms with E-state index in [-0.39, 0.29) is 24.4 Å². The lowest BCUT2D eigenvalue weighted by molar-refractivity contribution is -0.135. The first-order valence-electron chi connectivity index (χ1n) is 10.2. The maximum absolute atomic E-state index is 13.3. The SMILES string of the molecule is C[C@H](Cc1cccc(Cl)c1)NC(=O)CN1C(=O)N[C@@]2(CCCc3ccccc32)C1=O. The van der Waals surface area contributed by atoms with Crippen molar-refractivity contribution in [3.63, 3.8) is 0 Å². The molecule has 0 unspecified atom stereocenters. The fraction of sp³-hybridized carbons (Fsp3) is 0.348. The average molecular weight is 426 g/mol. The fourth-order valence-electron chi connectivity index (χ4n) is 4.49. The second-order valence-electron chi connectivity index (χ2n) is 8.04. The predicted molar refractivity (Wildman–Crippen MR) is 114 cm³/mol. The number of halogens is 1. The van der Waals surface area contributed by atoms with E-state index < -0.39 is 11.6 Å². The number of amides is 4. The first-order chi connectivity index (χ1) is 14.4. The zero-order chi connectivity index (χ0) is 21.3. The summed E-state index contributed by atoms with van der Waals surface area (Å²) in [5, 5.41) is 6.39. The van der Waals surface area contributed by atoms with Crippen LogP contribution in [-0.2, 0) is 28.0 Å². The van der Waals surface area contributed by atoms with Gasteiger partial charge in [0.2, 0.25) is 5.91 Å². The molecule has 2 aromatic rings. The van der Waals surface area contributed by atoms with E-state index >= 15 is 0 Å². The summed E-state index contributed by atoms with van der Waals surface area (Å²) in [6, 6.07) is 14.5. The number of urea groups is 1. The molecule has 1 spiro atoms. The van der Waals surface area contributed by atoms with E-state index in [1.807, 2.05) is 49.4 Å². The van der Waals surface area contributed by atoms with Crippen LogP contribution in [0.4, 0.5) is 4.79 Å². The fourth-order valence-corrected chi connectivity index (χ4v) is 4.70. The van der Waals surface area contributed by atoms with Gasteiger partial charge in [-0.2, -0.15) is 0 Å². The molecular formula is C23H24ClN3O3. The molecule has 1 heterocycles. The highest BCUT2D eigenvalue weighted by molar-refractivity contribution is 6.30. The van der Waals surface area contributed by atoms with Gasteiger partial charge in [0.25, 0.3) is 5.91 Å². The molecule has 1 saturated heterocycles. The molecule has 2 N–H and O–H groups in total. The Hall–Kier alpha value is -2.86. The molecule has 0 bridgehead atoms. The quantitative estimate of drug-likeness (QED) is 0.722. The van der Waals surface area contributed by atoms with Gasteiger partial charge in [-0.05, 0) is 61.4 Å². The van der Waals surface area contributed by atoms with Crippen molar-refractivity contribution in [1.82, 2.24) is 15.5 Å². The van der Waals surface area contributed by atoms with Gasteiger partial charge in [-0.15, -0.1) is 0 Å². The largest absolute Gasteiger partial charge is 0.352 e. The maximum atomic E-state index is 13.3. The molecule has 6 nitrogen and oxygen atoms in total. The van der Waals surface area contributed by atoms with Crippen molar-refractivity contribution in [3.05, 3.63) is 70.2 Å². The molecule has 156 valence electrons. The minimum atomic E-state index is -1.06. The Morgan fingerprint density at radius 1 is 1.23 bits per heavy atom. The molecule has 2 aliphatic rings. The van der Waals surface area contributed by atoms with Crippen LogP contribution in [0.25, 0.3) is 0 Å². The van der Waals surface area contributed by atoms with Crippen LogP contribution >= 0.6 is 11.6 Å². The van der Waals surface area contributed by atoms with Crippen LogP contribution in [-0.4, -0.2) is 35.3 Å². The molecule has 7 heteroatoms. The second-order valence-corrected chi connectivity index (χ2v) is 8.48. The molecule has 0 radical (unpaired) electrons. The summed E-state index contributed by atoms with van der Waals surface area (Å²) in [4.78, 5) is 39.5. The van der Waals surface area contributed by atoms with Crippen molar-refractivity contribution in [2.24, 2.45) is 0 Å². The Balaban J connectivity index is 1.43. The van der Waals surface area contributed by atoms with E-state index in [2.05, 4.69) is 10.6 Å². The Bertz CT molecular complexity index is 1010. The van der Waals surface area contributed by atoms with E-state index in [1.165, 1.54) is 0 Å². The van der Waals surface area contributed by atoms with Crippen molar-refractivity contribution < 1.29 is 14.4 Å². The van der Waals surface area contributed by atoms with E-state index in [0.29, 0.717) is 17.9 Å². The minimum Gasteiger partial charge on any atom is -0.352 e. The number of benzene rings is 2. The van der Waals surface area contributed by atoms with E-state index in [0.717, 1.165) is 34.4 Å². The van der Waals surface area contributed by atoms with Gasteiger partial charge >= 0.3 is 6.03 Å². The molecular weight excluding hydrogens is 402 g/mol. The third-order valence-corrected chi connectivity index (χ3v) is 6.03. The Morgan fingerprint density at radius 3 is 2.83 bits per heavy atom. The molecule has 2 aromatic carbocycles. The molecule has 30 heavy (non-hydrogen) atoms. The number of hydrogen-bond acceptors (Lipinski definition) is 3. The number of aryl methyl sites for hydroxylation is 1. The van der Waals surface area contributed by atoms with Gasteiger partial charge in [0, 0.05) is 11.1 Å². The standard InChI is InChI=1S/C23H24ClN3O3/c1-15(12-16-6-4-9-18(24)13-16)25-20(28)14-27-21(29)23(26-22(27)30)11-5-8-17-7-2-3-10-19(17)23/h2-4,6-7,9-10,13,15H,5,8,11-12,14H2,1H3,(H,25,28)(H,26,30)/t15-,23-/m1/s1. The van der Waals surface area contributed by atoms with Crippen LogP contribution < -0.4 is 10.6 Å². The molecule has 1 aliphatic carbocycles. The maximum Gasteiger partial charge on any atom is 0.325 e. The van der Waals surface area contributed by atoms with Gasteiger partial charge in [0.15, 0.2) is 0 Å². The molecule has 4 rings (SSSR count). The summed E-state index contributed by atoms with van der Waals surface area (Å²) in [6.07, 6.45) is 2.82. The van der Waals surface area contributed by atoms with Gasteiger partial charge in [-0.25, -0.2) is 4.79 Å². The molecule has 0 aromatic heterocycles. The number of hydrogen-bond donors (Lipinski definition) is 2. The van der Waals surface area contributed by atoms with Crippen molar-refractivity contribution in [1.29, 1.82) is 0 Å². The number of fused-ring (bicyclic) bond motifs is 2. The smallest absolute Gasteiger partial charge is 0.325 e. The first-order valence-corrected chi connectivity index (χ1v) is 10.5. The Labute approximate surface area is 180 Å². The average Bonchev–Trinajstić information content (AvgIpc) is 2.93. The molecule has 0 saturated carbocycles. The molecule has 4 amide bonds. The minimum absolute atomic E-state index is 0.166. The number of rotatable bonds is 5. The van der Waals surface area contributed by atoms with Crippen LogP contribution in [0, 0.1) is 0 Å². The summed E-state index contributed by atoms with van der Waals surface area (Å²) in [5.74, 6) is -0.716. The Kier molecular flexibility index (Phi) is 5.52. The number of nitrogens with zero attached hydrogens (tertiary/aromatic N) is 1. The van der Waals surface area contributed by atoms with Crippen LogP contribution in [0.15, 0.2) is 48.5 Å². The van der Waals surface area contributed by atoms with Crippen LogP contribution in [0.1, 0.15) is 36.5 Å². The summed E-state index contributed by atoms with van der Waals surface area (Å²) in [6.45, 7) is 1.58. The number of imide groups is 1. The third-order valence-electron chi connectivity index (χ3n) is 5.79. The van der Waals surface area contributed by atoms with Crippen molar-refractivity contribution in [2.45, 2.75) is 44.2 Å². The highest BCUT2D eigenvalue weighted by atomic mass is 35.5. The molecule has 1 fully saturated rings. The van der Waals surface area contributed by atoms with Gasteiger partial charge in [-0.1, -0.05) is 48.0 Å². The van der Waals surface area contributed by atoms with E-state index in [9.17, 15) is 14.4 Å². The second kappa shape index (κ2) is 8.11. The van der Waals surface area contributed by atoms with Crippen LogP contribution in [0.5, 0.6) is 0 Å². The summed E-state index contributed by atoms with van der Waals surface area (Å²) < 4.78 is 0. The zero-order valence-electron chi connectivity index (χ0n) is 16.8. The van der Waals surface area contributed by atoms with Crippen molar-refractivity contribution >= 4 is 29.4 Å². The van der Waals surface area contributed by atoms with Gasteiger partial charge < -0.3 is 10.6 Å². The summed E-state index contributed by atoms with van der Waals surface area (Å²) in [7, 11) is 0. The van der Waals surface area contributed by atoms with Gasteiger partial charge in [0.1, 0.15) is 12.1 Å². The monoisotopic (exact) mass is 425 g/mol. The topological polar surface area (TPSA) is 78.5 Å². The lowest BCUT2D eigenvalue weighted by Gasteiger charge is -2.33. The number of carbonyl (C=O) groups excluding carboxylic acids is 3. The van der Waals surface area contributed by atoms with Gasteiger partial charge in [0.05, 0.1) is 0 Å². The number of nitrogens with one attached hydrogen (secondary N) is 2.